The van der Waals surface area contributed by atoms with Crippen molar-refractivity contribution in [2.45, 2.75) is 18.7 Å². The first kappa shape index (κ1) is 23.3. The van der Waals surface area contributed by atoms with Gasteiger partial charge in [-0.2, -0.15) is 0 Å². The summed E-state index contributed by atoms with van der Waals surface area (Å²) in [4.78, 5) is 24.6. The number of hydrogen-bond acceptors (Lipinski definition) is 4. The van der Waals surface area contributed by atoms with Crippen molar-refractivity contribution in [1.29, 1.82) is 0 Å². The first-order valence-corrected chi connectivity index (χ1v) is 11.5. The van der Waals surface area contributed by atoms with Gasteiger partial charge in [0.15, 0.2) is 0 Å². The first-order chi connectivity index (χ1) is 15.2. The number of rotatable bonds is 7. The van der Waals surface area contributed by atoms with Crippen LogP contribution in [0.4, 0.5) is 11.4 Å². The van der Waals surface area contributed by atoms with Gasteiger partial charge in [-0.05, 0) is 67.4 Å². The largest absolute Gasteiger partial charge is 0.343 e. The van der Waals surface area contributed by atoms with Crippen molar-refractivity contribution >= 4 is 44.8 Å². The average Bonchev–Trinajstić information content (AvgIpc) is 2.75. The molecular formula is C23H22ClN3O4S. The topological polar surface area (TPSA) is 104 Å². The lowest BCUT2D eigenvalue weighted by Gasteiger charge is -2.12. The third kappa shape index (κ3) is 5.87. The minimum Gasteiger partial charge on any atom is -0.343 e. The number of anilines is 2. The second-order valence-electron chi connectivity index (χ2n) is 7.12. The normalized spacial score (nSPS) is 11.0. The predicted octanol–water partition coefficient (Wildman–Crippen LogP) is 4.13. The molecule has 3 rings (SSSR count). The van der Waals surface area contributed by atoms with Gasteiger partial charge in [0.05, 0.1) is 17.1 Å². The lowest BCUT2D eigenvalue weighted by atomic mass is 10.1. The van der Waals surface area contributed by atoms with Gasteiger partial charge >= 0.3 is 0 Å². The average molecular weight is 472 g/mol. The third-order valence-electron chi connectivity index (χ3n) is 4.77. The van der Waals surface area contributed by atoms with E-state index < -0.39 is 21.8 Å². The maximum atomic E-state index is 12.7. The molecule has 0 aliphatic carbocycles. The van der Waals surface area contributed by atoms with E-state index in [2.05, 4.69) is 15.4 Å². The molecule has 3 aromatic carbocycles. The van der Waals surface area contributed by atoms with Gasteiger partial charge in [-0.15, -0.1) is 0 Å². The van der Waals surface area contributed by atoms with Crippen molar-refractivity contribution in [3.63, 3.8) is 0 Å². The molecule has 3 N–H and O–H groups in total. The number of carbonyl (C=O) groups is 2. The van der Waals surface area contributed by atoms with Gasteiger partial charge in [0, 0.05) is 16.3 Å². The molecule has 166 valence electrons. The predicted molar refractivity (Wildman–Crippen MR) is 126 cm³/mol. The number of aryl methyl sites for hydroxylation is 1. The molecule has 0 atom stereocenters. The molecule has 0 aliphatic rings. The van der Waals surface area contributed by atoms with Crippen LogP contribution in [-0.4, -0.2) is 26.8 Å². The number of sulfonamides is 1. The summed E-state index contributed by atoms with van der Waals surface area (Å²) < 4.78 is 27.8. The van der Waals surface area contributed by atoms with E-state index in [9.17, 15) is 18.0 Å². The van der Waals surface area contributed by atoms with Gasteiger partial charge in [0.2, 0.25) is 5.91 Å². The molecule has 0 bridgehead atoms. The fourth-order valence-corrected chi connectivity index (χ4v) is 4.20. The molecule has 0 aliphatic heterocycles. The minimum atomic E-state index is -3.93. The van der Waals surface area contributed by atoms with Gasteiger partial charge < -0.3 is 10.6 Å². The van der Waals surface area contributed by atoms with E-state index in [1.165, 1.54) is 30.3 Å². The van der Waals surface area contributed by atoms with Crippen LogP contribution in [0.1, 0.15) is 21.5 Å². The Hall–Kier alpha value is -3.36. The summed E-state index contributed by atoms with van der Waals surface area (Å²) in [6.07, 6.45) is 0. The number of amides is 2. The highest BCUT2D eigenvalue weighted by Gasteiger charge is 2.17. The second kappa shape index (κ2) is 9.84. The summed E-state index contributed by atoms with van der Waals surface area (Å²) >= 11 is 5.89. The molecule has 0 saturated heterocycles. The number of benzene rings is 3. The van der Waals surface area contributed by atoms with Crippen LogP contribution >= 0.6 is 11.6 Å². The van der Waals surface area contributed by atoms with E-state index in [1.54, 1.807) is 24.3 Å². The molecule has 0 heterocycles. The van der Waals surface area contributed by atoms with Crippen molar-refractivity contribution in [1.82, 2.24) is 5.32 Å². The van der Waals surface area contributed by atoms with Crippen molar-refractivity contribution in [3.8, 4) is 0 Å². The number of halogens is 1. The van der Waals surface area contributed by atoms with Crippen LogP contribution in [-0.2, 0) is 14.8 Å². The monoisotopic (exact) mass is 471 g/mol. The van der Waals surface area contributed by atoms with Crippen LogP contribution in [0.15, 0.2) is 71.6 Å². The van der Waals surface area contributed by atoms with Gasteiger partial charge in [0.25, 0.3) is 15.9 Å². The van der Waals surface area contributed by atoms with Crippen molar-refractivity contribution in [2.24, 2.45) is 0 Å². The summed E-state index contributed by atoms with van der Waals surface area (Å²) in [5, 5.41) is 5.65. The molecule has 0 fully saturated rings. The summed E-state index contributed by atoms with van der Waals surface area (Å²) in [6, 6.07) is 17.4. The third-order valence-corrected chi connectivity index (χ3v) is 6.39. The standard InChI is InChI=1S/C23H22ClN3O4S/c1-15-6-3-11-21(16(15)2)26-22(28)14-25-23(29)17-7-4-10-20(12-17)32(30,31)27-19-9-5-8-18(24)13-19/h3-13,27H,14H2,1-2H3,(H,25,29)(H,26,28). The number of nitrogens with one attached hydrogen (secondary N) is 3. The molecule has 3 aromatic rings. The SMILES string of the molecule is Cc1cccc(NC(=O)CNC(=O)c2cccc(S(=O)(=O)Nc3cccc(Cl)c3)c2)c1C. The summed E-state index contributed by atoms with van der Waals surface area (Å²) in [5.41, 5.74) is 3.06. The fraction of sp³-hybridized carbons (Fsp3) is 0.130. The maximum absolute atomic E-state index is 12.7. The Morgan fingerprint density at radius 2 is 1.66 bits per heavy atom. The molecule has 9 heteroatoms. The van der Waals surface area contributed by atoms with Gasteiger partial charge in [0.1, 0.15) is 0 Å². The van der Waals surface area contributed by atoms with E-state index in [0.29, 0.717) is 16.4 Å². The van der Waals surface area contributed by atoms with E-state index in [-0.39, 0.29) is 17.0 Å². The van der Waals surface area contributed by atoms with Crippen molar-refractivity contribution in [3.05, 3.63) is 88.4 Å². The Balaban J connectivity index is 1.66. The van der Waals surface area contributed by atoms with Crippen LogP contribution < -0.4 is 15.4 Å². The first-order valence-electron chi connectivity index (χ1n) is 9.68. The fourth-order valence-electron chi connectivity index (χ4n) is 2.91. The highest BCUT2D eigenvalue weighted by Crippen LogP contribution is 2.20. The highest BCUT2D eigenvalue weighted by molar-refractivity contribution is 7.92. The Morgan fingerprint density at radius 3 is 2.41 bits per heavy atom. The van der Waals surface area contributed by atoms with E-state index in [1.807, 2.05) is 26.0 Å². The van der Waals surface area contributed by atoms with Crippen LogP contribution in [0.2, 0.25) is 5.02 Å². The lowest BCUT2D eigenvalue weighted by Crippen LogP contribution is -2.33. The zero-order chi connectivity index (χ0) is 23.3. The quantitative estimate of drug-likeness (QED) is 0.482. The number of carbonyl (C=O) groups excluding carboxylic acids is 2. The zero-order valence-corrected chi connectivity index (χ0v) is 19.0. The smallest absolute Gasteiger partial charge is 0.261 e. The van der Waals surface area contributed by atoms with Crippen LogP contribution in [0.3, 0.4) is 0 Å². The Kier molecular flexibility index (Phi) is 7.17. The van der Waals surface area contributed by atoms with E-state index in [4.69, 9.17) is 11.6 Å². The zero-order valence-electron chi connectivity index (χ0n) is 17.5. The highest BCUT2D eigenvalue weighted by atomic mass is 35.5. The van der Waals surface area contributed by atoms with Crippen LogP contribution in [0.5, 0.6) is 0 Å². The lowest BCUT2D eigenvalue weighted by molar-refractivity contribution is -0.115. The molecule has 0 unspecified atom stereocenters. The summed E-state index contributed by atoms with van der Waals surface area (Å²) in [5.74, 6) is -0.959. The van der Waals surface area contributed by atoms with Crippen molar-refractivity contribution in [2.75, 3.05) is 16.6 Å². The molecule has 2 amide bonds. The molecule has 0 radical (unpaired) electrons. The molecular weight excluding hydrogens is 450 g/mol. The molecule has 0 aromatic heterocycles. The molecule has 32 heavy (non-hydrogen) atoms. The second-order valence-corrected chi connectivity index (χ2v) is 9.24. The Morgan fingerprint density at radius 1 is 0.938 bits per heavy atom. The summed E-state index contributed by atoms with van der Waals surface area (Å²) in [7, 11) is -3.93. The van der Waals surface area contributed by atoms with E-state index >= 15 is 0 Å². The Labute approximate surface area is 191 Å². The molecule has 0 spiro atoms. The maximum Gasteiger partial charge on any atom is 0.261 e. The molecule has 0 saturated carbocycles. The van der Waals surface area contributed by atoms with Crippen LogP contribution in [0, 0.1) is 13.8 Å². The van der Waals surface area contributed by atoms with Gasteiger partial charge in [-0.3, -0.25) is 14.3 Å². The van der Waals surface area contributed by atoms with Gasteiger partial charge in [-0.25, -0.2) is 8.42 Å². The van der Waals surface area contributed by atoms with Crippen LogP contribution in [0.25, 0.3) is 0 Å². The van der Waals surface area contributed by atoms with E-state index in [0.717, 1.165) is 11.1 Å². The number of hydrogen-bond donors (Lipinski definition) is 3. The minimum absolute atomic E-state index is 0.0926. The summed E-state index contributed by atoms with van der Waals surface area (Å²) in [6.45, 7) is 3.58. The molecule has 7 nitrogen and oxygen atoms in total. The van der Waals surface area contributed by atoms with Crippen molar-refractivity contribution < 1.29 is 18.0 Å². The van der Waals surface area contributed by atoms with Gasteiger partial charge in [-0.1, -0.05) is 35.9 Å². The Bertz CT molecular complexity index is 1280.